The lowest BCUT2D eigenvalue weighted by atomic mass is 10.1. The third kappa shape index (κ3) is 1.94. The monoisotopic (exact) mass is 225 g/mol. The van der Waals surface area contributed by atoms with Crippen LogP contribution < -0.4 is 0 Å². The second-order valence-electron chi connectivity index (χ2n) is 4.44. The summed E-state index contributed by atoms with van der Waals surface area (Å²) in [7, 11) is 0. The van der Waals surface area contributed by atoms with Crippen LogP contribution >= 0.6 is 0 Å². The Morgan fingerprint density at radius 3 is 2.12 bits per heavy atom. The molecular weight excluding hydrogens is 210 g/mol. The zero-order chi connectivity index (χ0) is 12.6. The third-order valence-corrected chi connectivity index (χ3v) is 2.85. The zero-order valence-electron chi connectivity index (χ0n) is 10.6. The van der Waals surface area contributed by atoms with Crippen LogP contribution in [0.5, 0.6) is 0 Å². The minimum Gasteiger partial charge on any atom is -0.236 e. The van der Waals surface area contributed by atoms with Gasteiger partial charge < -0.3 is 0 Å². The average Bonchev–Trinajstić information content (AvgIpc) is 2.59. The minimum atomic E-state index is 0.460. The Kier molecular flexibility index (Phi) is 2.72. The maximum absolute atomic E-state index is 8.88. The second-order valence-corrected chi connectivity index (χ2v) is 4.44. The van der Waals surface area contributed by atoms with Crippen LogP contribution in [0, 0.1) is 39.0 Å². The summed E-state index contributed by atoms with van der Waals surface area (Å²) in [5, 5.41) is 13.2. The van der Waals surface area contributed by atoms with Gasteiger partial charge in [0.1, 0.15) is 6.07 Å². The van der Waals surface area contributed by atoms with Gasteiger partial charge in [-0.3, -0.25) is 0 Å². The normalized spacial score (nSPS) is 10.3. The van der Waals surface area contributed by atoms with Crippen molar-refractivity contribution < 1.29 is 0 Å². The zero-order valence-corrected chi connectivity index (χ0v) is 10.6. The smallest absolute Gasteiger partial charge is 0.163 e. The molecule has 0 radical (unpaired) electrons. The standard InChI is InChI=1S/C14H15N3/c1-9-5-10(2)14(11(3)6-9)17-12(4)7-13(8-15)16-17/h5-7H,1-4H3. The van der Waals surface area contributed by atoms with Gasteiger partial charge in [-0.2, -0.15) is 10.4 Å². The van der Waals surface area contributed by atoms with E-state index >= 15 is 0 Å². The van der Waals surface area contributed by atoms with Gasteiger partial charge in [-0.15, -0.1) is 0 Å². The number of aromatic nitrogens is 2. The van der Waals surface area contributed by atoms with Crippen molar-refractivity contribution in [2.75, 3.05) is 0 Å². The van der Waals surface area contributed by atoms with E-state index in [4.69, 9.17) is 5.26 Å². The molecule has 1 aromatic heterocycles. The summed E-state index contributed by atoms with van der Waals surface area (Å²) < 4.78 is 1.85. The molecule has 17 heavy (non-hydrogen) atoms. The Labute approximate surface area is 101 Å². The highest BCUT2D eigenvalue weighted by atomic mass is 15.3. The molecule has 0 amide bonds. The van der Waals surface area contributed by atoms with Crippen molar-refractivity contribution in [3.63, 3.8) is 0 Å². The van der Waals surface area contributed by atoms with Crippen molar-refractivity contribution in [2.24, 2.45) is 0 Å². The van der Waals surface area contributed by atoms with Gasteiger partial charge in [-0.25, -0.2) is 4.68 Å². The van der Waals surface area contributed by atoms with Gasteiger partial charge >= 0.3 is 0 Å². The van der Waals surface area contributed by atoms with E-state index < -0.39 is 0 Å². The van der Waals surface area contributed by atoms with Crippen LogP contribution in [-0.4, -0.2) is 9.78 Å². The molecule has 0 aliphatic carbocycles. The van der Waals surface area contributed by atoms with Crippen LogP contribution in [0.1, 0.15) is 28.1 Å². The summed E-state index contributed by atoms with van der Waals surface area (Å²) in [5.41, 5.74) is 6.12. The number of hydrogen-bond acceptors (Lipinski definition) is 2. The molecule has 0 fully saturated rings. The fraction of sp³-hybridized carbons (Fsp3) is 0.286. The van der Waals surface area contributed by atoms with Crippen molar-refractivity contribution in [1.29, 1.82) is 5.26 Å². The van der Waals surface area contributed by atoms with Gasteiger partial charge in [0.25, 0.3) is 0 Å². The van der Waals surface area contributed by atoms with E-state index in [1.165, 1.54) is 16.7 Å². The molecule has 1 heterocycles. The summed E-state index contributed by atoms with van der Waals surface area (Å²) >= 11 is 0. The molecule has 2 aromatic rings. The first-order valence-corrected chi connectivity index (χ1v) is 5.58. The number of benzene rings is 1. The van der Waals surface area contributed by atoms with Gasteiger partial charge in [0.15, 0.2) is 5.69 Å². The SMILES string of the molecule is Cc1cc(C)c(-n2nc(C#N)cc2C)c(C)c1. The second kappa shape index (κ2) is 4.06. The van der Waals surface area contributed by atoms with Crippen LogP contribution in [0.2, 0.25) is 0 Å². The number of nitrogens with zero attached hydrogens (tertiary/aromatic N) is 3. The van der Waals surface area contributed by atoms with Crippen molar-refractivity contribution in [2.45, 2.75) is 27.7 Å². The van der Waals surface area contributed by atoms with E-state index in [9.17, 15) is 0 Å². The van der Waals surface area contributed by atoms with Gasteiger partial charge in [0, 0.05) is 5.69 Å². The summed E-state index contributed by atoms with van der Waals surface area (Å²) in [6.45, 7) is 8.19. The quantitative estimate of drug-likeness (QED) is 0.748. The highest BCUT2D eigenvalue weighted by Crippen LogP contribution is 2.22. The van der Waals surface area contributed by atoms with E-state index in [-0.39, 0.29) is 0 Å². The molecular formula is C14H15N3. The van der Waals surface area contributed by atoms with Crippen LogP contribution in [0.25, 0.3) is 5.69 Å². The van der Waals surface area contributed by atoms with Crippen LogP contribution in [-0.2, 0) is 0 Å². The molecule has 2 rings (SSSR count). The van der Waals surface area contributed by atoms with E-state index in [1.807, 2.05) is 11.6 Å². The first-order chi connectivity index (χ1) is 8.02. The molecule has 0 saturated carbocycles. The average molecular weight is 225 g/mol. The maximum Gasteiger partial charge on any atom is 0.163 e. The molecule has 0 bridgehead atoms. The molecule has 3 nitrogen and oxygen atoms in total. The first kappa shape index (κ1) is 11.4. The molecule has 1 aromatic carbocycles. The largest absolute Gasteiger partial charge is 0.236 e. The number of rotatable bonds is 1. The Morgan fingerprint density at radius 1 is 1.06 bits per heavy atom. The lowest BCUT2D eigenvalue weighted by Crippen LogP contribution is -2.04. The molecule has 0 unspecified atom stereocenters. The lowest BCUT2D eigenvalue weighted by Gasteiger charge is -2.12. The highest BCUT2D eigenvalue weighted by molar-refractivity contribution is 5.50. The van der Waals surface area contributed by atoms with Crippen molar-refractivity contribution in [3.8, 4) is 11.8 Å². The molecule has 0 saturated heterocycles. The first-order valence-electron chi connectivity index (χ1n) is 5.58. The van der Waals surface area contributed by atoms with Gasteiger partial charge in [0.05, 0.1) is 5.69 Å². The Bertz CT molecular complexity index is 592. The lowest BCUT2D eigenvalue weighted by molar-refractivity contribution is 0.827. The van der Waals surface area contributed by atoms with Crippen LogP contribution in [0.4, 0.5) is 0 Å². The summed E-state index contributed by atoms with van der Waals surface area (Å²) in [4.78, 5) is 0. The van der Waals surface area contributed by atoms with Gasteiger partial charge in [-0.1, -0.05) is 17.7 Å². The Hall–Kier alpha value is -2.08. The van der Waals surface area contributed by atoms with Crippen LogP contribution in [0.15, 0.2) is 18.2 Å². The molecule has 0 aliphatic heterocycles. The molecule has 0 aliphatic rings. The minimum absolute atomic E-state index is 0.460. The van der Waals surface area contributed by atoms with Crippen LogP contribution in [0.3, 0.4) is 0 Å². The number of hydrogen-bond donors (Lipinski definition) is 0. The van der Waals surface area contributed by atoms with Crippen molar-refractivity contribution >= 4 is 0 Å². The van der Waals surface area contributed by atoms with E-state index in [0.717, 1.165) is 11.4 Å². The van der Waals surface area contributed by atoms with E-state index in [1.54, 1.807) is 6.07 Å². The predicted octanol–water partition coefficient (Wildman–Crippen LogP) is 2.98. The third-order valence-electron chi connectivity index (χ3n) is 2.85. The summed E-state index contributed by atoms with van der Waals surface area (Å²) in [6, 6.07) is 8.15. The summed E-state index contributed by atoms with van der Waals surface area (Å²) in [6.07, 6.45) is 0. The molecule has 3 heteroatoms. The number of aryl methyl sites for hydroxylation is 4. The fourth-order valence-electron chi connectivity index (χ4n) is 2.26. The van der Waals surface area contributed by atoms with Crippen molar-refractivity contribution in [3.05, 3.63) is 46.3 Å². The van der Waals surface area contributed by atoms with E-state index in [0.29, 0.717) is 5.69 Å². The van der Waals surface area contributed by atoms with Crippen molar-refractivity contribution in [1.82, 2.24) is 9.78 Å². The van der Waals surface area contributed by atoms with Gasteiger partial charge in [-0.05, 0) is 44.9 Å². The number of nitriles is 1. The molecule has 0 atom stereocenters. The van der Waals surface area contributed by atoms with E-state index in [2.05, 4.69) is 44.1 Å². The molecule has 0 spiro atoms. The Balaban J connectivity index is 2.69. The fourth-order valence-corrected chi connectivity index (χ4v) is 2.26. The van der Waals surface area contributed by atoms with Gasteiger partial charge in [0.2, 0.25) is 0 Å². The topological polar surface area (TPSA) is 41.6 Å². The maximum atomic E-state index is 8.88. The Morgan fingerprint density at radius 2 is 1.65 bits per heavy atom. The molecule has 0 N–H and O–H groups in total. The predicted molar refractivity (Wildman–Crippen MR) is 67.2 cm³/mol. The highest BCUT2D eigenvalue weighted by Gasteiger charge is 2.11. The summed E-state index contributed by atoms with van der Waals surface area (Å²) in [5.74, 6) is 0. The molecule has 86 valence electrons.